The molecule has 0 fully saturated rings. The van der Waals surface area contributed by atoms with Gasteiger partial charge in [0, 0.05) is 11.8 Å². The maximum absolute atomic E-state index is 12.3. The largest absolute Gasteiger partial charge is 0.355 e. The third-order valence-electron chi connectivity index (χ3n) is 2.34. The Morgan fingerprint density at radius 2 is 2.21 bits per heavy atom. The van der Waals surface area contributed by atoms with Crippen LogP contribution in [0.2, 0.25) is 0 Å². The highest BCUT2D eigenvalue weighted by atomic mass is 32.2. The van der Waals surface area contributed by atoms with Crippen molar-refractivity contribution in [1.82, 2.24) is 25.1 Å². The quantitative estimate of drug-likeness (QED) is 0.585. The monoisotopic (exact) mass is 283 g/mol. The predicted octanol–water partition coefficient (Wildman–Crippen LogP) is 2.57. The van der Waals surface area contributed by atoms with Crippen molar-refractivity contribution in [3.8, 4) is 0 Å². The van der Waals surface area contributed by atoms with Crippen molar-refractivity contribution >= 4 is 22.9 Å². The van der Waals surface area contributed by atoms with Crippen LogP contribution in [0.3, 0.4) is 0 Å². The molecular formula is C10H7F2N5OS. The van der Waals surface area contributed by atoms with Gasteiger partial charge in [-0.2, -0.15) is 0 Å². The topological polar surface area (TPSA) is 80.5 Å². The fraction of sp³-hybridized carbons (Fsp3) is 0.200. The van der Waals surface area contributed by atoms with Crippen LogP contribution in [-0.2, 0) is 5.75 Å². The molecule has 3 rings (SSSR count). The lowest BCUT2D eigenvalue weighted by atomic mass is 10.4. The van der Waals surface area contributed by atoms with Crippen molar-refractivity contribution in [2.24, 2.45) is 0 Å². The summed E-state index contributed by atoms with van der Waals surface area (Å²) in [6, 6.07) is 1.24. The Hall–Kier alpha value is -2.03. The molecule has 3 aromatic rings. The number of halogens is 2. The molecule has 0 unspecified atom stereocenters. The molecule has 1 N–H and O–H groups in total. The van der Waals surface area contributed by atoms with Gasteiger partial charge in [-0.15, -0.1) is 0 Å². The van der Waals surface area contributed by atoms with Crippen LogP contribution < -0.4 is 0 Å². The molecule has 9 heteroatoms. The Labute approximate surface area is 109 Å². The van der Waals surface area contributed by atoms with Gasteiger partial charge in [-0.3, -0.25) is 0 Å². The van der Waals surface area contributed by atoms with Gasteiger partial charge in [-0.25, -0.2) is 23.7 Å². The molecular weight excluding hydrogens is 276 g/mol. The van der Waals surface area contributed by atoms with E-state index in [0.717, 1.165) is 0 Å². The predicted molar refractivity (Wildman–Crippen MR) is 62.7 cm³/mol. The van der Waals surface area contributed by atoms with Crippen molar-refractivity contribution in [1.29, 1.82) is 0 Å². The molecule has 6 nitrogen and oxygen atoms in total. The van der Waals surface area contributed by atoms with E-state index in [-0.39, 0.29) is 0 Å². The average molecular weight is 283 g/mol. The first-order valence-corrected chi connectivity index (χ1v) is 6.23. The van der Waals surface area contributed by atoms with Gasteiger partial charge in [-0.1, -0.05) is 16.9 Å². The molecule has 3 aromatic heterocycles. The van der Waals surface area contributed by atoms with Crippen LogP contribution in [0.5, 0.6) is 0 Å². The highest BCUT2D eigenvalue weighted by Crippen LogP contribution is 2.26. The molecule has 0 radical (unpaired) electrons. The highest BCUT2D eigenvalue weighted by Gasteiger charge is 2.15. The Morgan fingerprint density at radius 1 is 1.32 bits per heavy atom. The van der Waals surface area contributed by atoms with Gasteiger partial charge in [0.1, 0.15) is 16.9 Å². The number of H-pyrrole nitrogens is 1. The smallest absolute Gasteiger partial charge is 0.298 e. The van der Waals surface area contributed by atoms with Gasteiger partial charge in [-0.05, 0) is 0 Å². The second-order valence-electron chi connectivity index (χ2n) is 3.59. The third kappa shape index (κ3) is 2.41. The number of aromatic nitrogens is 5. The lowest BCUT2D eigenvalue weighted by molar-refractivity contribution is 0.112. The number of hydrogen-bond donors (Lipinski definition) is 1. The van der Waals surface area contributed by atoms with E-state index in [4.69, 9.17) is 0 Å². The zero-order valence-corrected chi connectivity index (χ0v) is 10.2. The van der Waals surface area contributed by atoms with E-state index in [9.17, 15) is 8.78 Å². The number of hydrogen-bond acceptors (Lipinski definition) is 6. The Morgan fingerprint density at radius 3 is 3.00 bits per heavy atom. The van der Waals surface area contributed by atoms with Gasteiger partial charge < -0.3 is 9.51 Å². The number of fused-ring (bicyclic) bond motifs is 1. The van der Waals surface area contributed by atoms with E-state index < -0.39 is 12.2 Å². The molecule has 0 amide bonds. The fourth-order valence-corrected chi connectivity index (χ4v) is 2.33. The Balaban J connectivity index is 1.76. The molecule has 0 saturated heterocycles. The van der Waals surface area contributed by atoms with Crippen LogP contribution in [0.1, 0.15) is 17.9 Å². The standard InChI is InChI=1S/C10H7F2N5OS/c11-8(12)6-1-5(17-18-6)2-19-10-7-9(14-3-13-7)15-4-16-10/h1,3-4,8H,2H2,(H,13,14,15,16). The minimum Gasteiger partial charge on any atom is -0.355 e. The fourth-order valence-electron chi connectivity index (χ4n) is 1.49. The second-order valence-corrected chi connectivity index (χ2v) is 4.55. The normalized spacial score (nSPS) is 11.5. The van der Waals surface area contributed by atoms with Crippen molar-refractivity contribution in [2.45, 2.75) is 17.2 Å². The molecule has 3 heterocycles. The van der Waals surface area contributed by atoms with Gasteiger partial charge in [0.15, 0.2) is 5.65 Å². The van der Waals surface area contributed by atoms with Crippen molar-refractivity contribution in [2.75, 3.05) is 0 Å². The van der Waals surface area contributed by atoms with Crippen molar-refractivity contribution in [3.05, 3.63) is 30.2 Å². The number of alkyl halides is 2. The first kappa shape index (κ1) is 12.0. The van der Waals surface area contributed by atoms with E-state index in [1.807, 2.05) is 0 Å². The Bertz CT molecular complexity index is 698. The summed E-state index contributed by atoms with van der Waals surface area (Å²) < 4.78 is 29.2. The Kier molecular flexibility index (Phi) is 3.11. The summed E-state index contributed by atoms with van der Waals surface area (Å²) in [6.07, 6.45) is 0.275. The molecule has 0 aliphatic heterocycles. The number of thioether (sulfide) groups is 1. The molecule has 0 saturated carbocycles. The number of nitrogens with zero attached hydrogens (tertiary/aromatic N) is 4. The van der Waals surface area contributed by atoms with E-state index in [1.54, 1.807) is 0 Å². The van der Waals surface area contributed by atoms with Crippen LogP contribution >= 0.6 is 11.8 Å². The number of nitrogens with one attached hydrogen (secondary N) is 1. The molecule has 0 aliphatic rings. The summed E-state index contributed by atoms with van der Waals surface area (Å²) in [7, 11) is 0. The lowest BCUT2D eigenvalue weighted by Gasteiger charge is -1.98. The summed E-state index contributed by atoms with van der Waals surface area (Å²) in [4.78, 5) is 15.0. The zero-order chi connectivity index (χ0) is 13.2. The zero-order valence-electron chi connectivity index (χ0n) is 9.38. The molecule has 0 aromatic carbocycles. The van der Waals surface area contributed by atoms with E-state index in [0.29, 0.717) is 27.6 Å². The van der Waals surface area contributed by atoms with Crippen LogP contribution in [0, 0.1) is 0 Å². The molecule has 0 atom stereocenters. The molecule has 98 valence electrons. The molecule has 0 bridgehead atoms. The highest BCUT2D eigenvalue weighted by molar-refractivity contribution is 7.98. The maximum Gasteiger partial charge on any atom is 0.298 e. The number of imidazole rings is 1. The number of aromatic amines is 1. The average Bonchev–Trinajstić information content (AvgIpc) is 3.05. The van der Waals surface area contributed by atoms with E-state index >= 15 is 0 Å². The van der Waals surface area contributed by atoms with E-state index in [2.05, 4.69) is 29.6 Å². The van der Waals surface area contributed by atoms with Crippen LogP contribution in [-0.4, -0.2) is 25.1 Å². The summed E-state index contributed by atoms with van der Waals surface area (Å²) in [5.74, 6) is -0.0496. The third-order valence-corrected chi connectivity index (χ3v) is 3.36. The lowest BCUT2D eigenvalue weighted by Crippen LogP contribution is -1.87. The minimum atomic E-state index is -2.65. The summed E-state index contributed by atoms with van der Waals surface area (Å²) in [5, 5.41) is 4.26. The maximum atomic E-state index is 12.3. The van der Waals surface area contributed by atoms with Gasteiger partial charge in [0.2, 0.25) is 5.76 Å². The number of rotatable bonds is 4. The van der Waals surface area contributed by atoms with Gasteiger partial charge in [0.05, 0.1) is 12.0 Å². The molecule has 0 spiro atoms. The van der Waals surface area contributed by atoms with E-state index in [1.165, 1.54) is 30.5 Å². The van der Waals surface area contributed by atoms with Crippen LogP contribution in [0.15, 0.2) is 28.3 Å². The molecule has 0 aliphatic carbocycles. The SMILES string of the molecule is FC(F)c1cc(CSc2ncnc3nc[nH]c23)no1. The van der Waals surface area contributed by atoms with Crippen molar-refractivity contribution in [3.63, 3.8) is 0 Å². The van der Waals surface area contributed by atoms with Gasteiger partial charge in [0.25, 0.3) is 6.43 Å². The summed E-state index contributed by atoms with van der Waals surface area (Å²) in [5.41, 5.74) is 1.71. The second kappa shape index (κ2) is 4.92. The summed E-state index contributed by atoms with van der Waals surface area (Å²) >= 11 is 1.34. The first-order chi connectivity index (χ1) is 9.24. The minimum absolute atomic E-state index is 0.376. The first-order valence-electron chi connectivity index (χ1n) is 5.24. The van der Waals surface area contributed by atoms with Crippen molar-refractivity contribution < 1.29 is 13.3 Å². The van der Waals surface area contributed by atoms with Gasteiger partial charge >= 0.3 is 0 Å². The van der Waals surface area contributed by atoms with Crippen LogP contribution in [0.25, 0.3) is 11.2 Å². The molecule has 19 heavy (non-hydrogen) atoms. The summed E-state index contributed by atoms with van der Waals surface area (Å²) in [6.45, 7) is 0. The van der Waals surface area contributed by atoms with Crippen LogP contribution in [0.4, 0.5) is 8.78 Å².